The van der Waals surface area contributed by atoms with Crippen molar-refractivity contribution in [1.82, 2.24) is 4.90 Å². The fraction of sp³-hybridized carbons (Fsp3) is 0.348. The average molecular weight is 437 g/mol. The molecule has 0 aliphatic carbocycles. The molecule has 32 heavy (non-hydrogen) atoms. The van der Waals surface area contributed by atoms with Gasteiger partial charge in [-0.2, -0.15) is 5.26 Å². The number of ether oxygens (including phenoxy) is 1. The highest BCUT2D eigenvalue weighted by Gasteiger charge is 2.27. The summed E-state index contributed by atoms with van der Waals surface area (Å²) >= 11 is 0. The van der Waals surface area contributed by atoms with Gasteiger partial charge in [0.05, 0.1) is 25.0 Å². The second kappa shape index (κ2) is 9.58. The molecule has 1 unspecified atom stereocenters. The molecule has 1 aliphatic heterocycles. The number of furan rings is 1. The SMILES string of the molecule is CC(=O)c1oc2ccc(C(C)=CC(=O)N3CCOCC3)cc2c1NC(=O)C(C#N)C(C)=O. The number of nitrogens with zero attached hydrogens (tertiary/aromatic N) is 2. The Morgan fingerprint density at radius 3 is 2.44 bits per heavy atom. The predicted octanol–water partition coefficient (Wildman–Crippen LogP) is 2.56. The van der Waals surface area contributed by atoms with E-state index >= 15 is 0 Å². The zero-order chi connectivity index (χ0) is 23.4. The van der Waals surface area contributed by atoms with Crippen LogP contribution in [-0.4, -0.2) is 54.6 Å². The maximum atomic E-state index is 12.5. The number of benzene rings is 1. The van der Waals surface area contributed by atoms with Crippen LogP contribution in [0.1, 0.15) is 36.9 Å². The standard InChI is InChI=1S/C23H23N3O6/c1-13(10-20(29)26-6-8-31-9-7-26)16-4-5-19-17(11-16)21(22(32-19)15(3)28)25-23(30)18(12-24)14(2)27/h4-5,10-11,18H,6-9H2,1-3H3,(H,25,30). The number of carbonyl (C=O) groups excluding carboxylic acids is 4. The molecule has 2 aromatic rings. The average Bonchev–Trinajstić information content (AvgIpc) is 3.12. The summed E-state index contributed by atoms with van der Waals surface area (Å²) in [5.74, 6) is -3.60. The minimum Gasteiger partial charge on any atom is -0.451 e. The maximum absolute atomic E-state index is 12.5. The van der Waals surface area contributed by atoms with Gasteiger partial charge >= 0.3 is 0 Å². The smallest absolute Gasteiger partial charge is 0.249 e. The van der Waals surface area contributed by atoms with Crippen molar-refractivity contribution in [3.05, 3.63) is 35.6 Å². The van der Waals surface area contributed by atoms with Gasteiger partial charge < -0.3 is 19.4 Å². The van der Waals surface area contributed by atoms with Crippen LogP contribution in [-0.2, 0) is 19.1 Å². The number of morpholine rings is 1. The van der Waals surface area contributed by atoms with Crippen molar-refractivity contribution >= 4 is 45.6 Å². The molecule has 1 aromatic heterocycles. The number of carbonyl (C=O) groups is 4. The second-order valence-corrected chi connectivity index (χ2v) is 7.50. The van der Waals surface area contributed by atoms with Crippen LogP contribution in [0.2, 0.25) is 0 Å². The van der Waals surface area contributed by atoms with Gasteiger partial charge in [0.15, 0.2) is 23.2 Å². The van der Waals surface area contributed by atoms with Crippen LogP contribution in [0.25, 0.3) is 16.5 Å². The monoisotopic (exact) mass is 437 g/mol. The lowest BCUT2D eigenvalue weighted by Crippen LogP contribution is -2.39. The zero-order valence-corrected chi connectivity index (χ0v) is 18.1. The lowest BCUT2D eigenvalue weighted by molar-refractivity contribution is -0.130. The van der Waals surface area contributed by atoms with Crippen molar-refractivity contribution in [3.63, 3.8) is 0 Å². The summed E-state index contributed by atoms with van der Waals surface area (Å²) in [5, 5.41) is 12.0. The number of nitriles is 1. The molecule has 3 rings (SSSR count). The highest BCUT2D eigenvalue weighted by Crippen LogP contribution is 2.34. The summed E-state index contributed by atoms with van der Waals surface area (Å²) < 4.78 is 10.9. The molecular weight excluding hydrogens is 414 g/mol. The van der Waals surface area contributed by atoms with E-state index in [0.29, 0.717) is 48.4 Å². The van der Waals surface area contributed by atoms with Gasteiger partial charge in [0, 0.05) is 31.5 Å². The van der Waals surface area contributed by atoms with Gasteiger partial charge in [-0.1, -0.05) is 6.07 Å². The van der Waals surface area contributed by atoms with E-state index in [1.165, 1.54) is 13.0 Å². The molecule has 1 atom stereocenters. The molecule has 1 aromatic carbocycles. The number of hydrogen-bond acceptors (Lipinski definition) is 7. The van der Waals surface area contributed by atoms with Crippen molar-refractivity contribution in [1.29, 1.82) is 5.26 Å². The van der Waals surface area contributed by atoms with Crippen molar-refractivity contribution in [2.24, 2.45) is 5.92 Å². The Hall–Kier alpha value is -3.77. The Morgan fingerprint density at radius 1 is 1.16 bits per heavy atom. The number of ketones is 2. The van der Waals surface area contributed by atoms with E-state index in [9.17, 15) is 19.2 Å². The number of nitrogens with one attached hydrogen (secondary N) is 1. The number of fused-ring (bicyclic) bond motifs is 1. The predicted molar refractivity (Wildman–Crippen MR) is 116 cm³/mol. The number of amides is 2. The second-order valence-electron chi connectivity index (χ2n) is 7.50. The minimum atomic E-state index is -1.50. The van der Waals surface area contributed by atoms with Gasteiger partial charge in [-0.25, -0.2) is 0 Å². The maximum Gasteiger partial charge on any atom is 0.249 e. The Morgan fingerprint density at radius 2 is 1.84 bits per heavy atom. The van der Waals surface area contributed by atoms with E-state index in [1.807, 2.05) is 0 Å². The third-order valence-electron chi connectivity index (χ3n) is 5.17. The van der Waals surface area contributed by atoms with Crippen molar-refractivity contribution in [2.45, 2.75) is 20.8 Å². The number of anilines is 1. The third-order valence-corrected chi connectivity index (χ3v) is 5.17. The van der Waals surface area contributed by atoms with E-state index in [2.05, 4.69) is 5.32 Å². The van der Waals surface area contributed by atoms with Gasteiger partial charge in [0.2, 0.25) is 11.8 Å². The largest absolute Gasteiger partial charge is 0.451 e. The molecule has 166 valence electrons. The van der Waals surface area contributed by atoms with Crippen LogP contribution in [0.15, 0.2) is 28.7 Å². The molecule has 1 saturated heterocycles. The summed E-state index contributed by atoms with van der Waals surface area (Å²) in [7, 11) is 0. The molecular formula is C23H23N3O6. The van der Waals surface area contributed by atoms with Gasteiger partial charge in [-0.05, 0) is 37.1 Å². The summed E-state index contributed by atoms with van der Waals surface area (Å²) in [6, 6.07) is 6.72. The van der Waals surface area contributed by atoms with Gasteiger partial charge in [0.25, 0.3) is 0 Å². The van der Waals surface area contributed by atoms with Crippen molar-refractivity contribution < 1.29 is 28.3 Å². The fourth-order valence-electron chi connectivity index (χ4n) is 3.39. The Balaban J connectivity index is 1.98. The van der Waals surface area contributed by atoms with Gasteiger partial charge in [-0.15, -0.1) is 0 Å². The first-order valence-electron chi connectivity index (χ1n) is 10.1. The highest BCUT2D eigenvalue weighted by atomic mass is 16.5. The Bertz CT molecular complexity index is 1160. The van der Waals surface area contributed by atoms with Crippen LogP contribution in [0.5, 0.6) is 0 Å². The van der Waals surface area contributed by atoms with E-state index in [-0.39, 0.29) is 17.4 Å². The van der Waals surface area contributed by atoms with Gasteiger partial charge in [0.1, 0.15) is 5.58 Å². The van der Waals surface area contributed by atoms with E-state index < -0.39 is 23.4 Å². The normalized spacial score (nSPS) is 15.2. The van der Waals surface area contributed by atoms with Crippen LogP contribution in [0, 0.1) is 17.2 Å². The molecule has 0 radical (unpaired) electrons. The van der Waals surface area contributed by atoms with Crippen molar-refractivity contribution in [2.75, 3.05) is 31.6 Å². The number of Topliss-reactive ketones (excluding diaryl/α,β-unsaturated/α-hetero) is 2. The molecule has 0 saturated carbocycles. The summed E-state index contributed by atoms with van der Waals surface area (Å²) in [4.78, 5) is 50.4. The van der Waals surface area contributed by atoms with E-state index in [0.717, 1.165) is 6.92 Å². The molecule has 9 heteroatoms. The summed E-state index contributed by atoms with van der Waals surface area (Å²) in [6.45, 7) is 6.26. The first kappa shape index (κ1) is 22.9. The lowest BCUT2D eigenvalue weighted by atomic mass is 10.0. The number of rotatable bonds is 6. The molecule has 0 spiro atoms. The van der Waals surface area contributed by atoms with Crippen LogP contribution < -0.4 is 5.32 Å². The Labute approximate surface area is 184 Å². The van der Waals surface area contributed by atoms with Gasteiger partial charge in [-0.3, -0.25) is 19.2 Å². The first-order chi connectivity index (χ1) is 15.2. The topological polar surface area (TPSA) is 130 Å². The molecule has 1 N–H and O–H groups in total. The first-order valence-corrected chi connectivity index (χ1v) is 10.1. The highest BCUT2D eigenvalue weighted by molar-refractivity contribution is 6.15. The molecule has 0 bridgehead atoms. The van der Waals surface area contributed by atoms with E-state index in [1.54, 1.807) is 36.1 Å². The van der Waals surface area contributed by atoms with Crippen LogP contribution >= 0.6 is 0 Å². The third kappa shape index (κ3) is 4.76. The molecule has 1 aliphatic rings. The Kier molecular flexibility index (Phi) is 6.85. The number of hydrogen-bond donors (Lipinski definition) is 1. The van der Waals surface area contributed by atoms with Crippen LogP contribution in [0.3, 0.4) is 0 Å². The fourth-order valence-corrected chi connectivity index (χ4v) is 3.39. The lowest BCUT2D eigenvalue weighted by Gasteiger charge is -2.25. The van der Waals surface area contributed by atoms with Crippen molar-refractivity contribution in [3.8, 4) is 6.07 Å². The van der Waals surface area contributed by atoms with Crippen LogP contribution in [0.4, 0.5) is 5.69 Å². The molecule has 2 amide bonds. The summed E-state index contributed by atoms with van der Waals surface area (Å²) in [6.07, 6.45) is 1.53. The quantitative estimate of drug-likeness (QED) is 0.418. The van der Waals surface area contributed by atoms with E-state index in [4.69, 9.17) is 14.4 Å². The summed E-state index contributed by atoms with van der Waals surface area (Å²) in [5.41, 5.74) is 1.81. The zero-order valence-electron chi connectivity index (χ0n) is 18.1. The number of allylic oxidation sites excluding steroid dienone is 1. The minimum absolute atomic E-state index is 0.0863. The molecule has 1 fully saturated rings. The molecule has 2 heterocycles. The molecule has 9 nitrogen and oxygen atoms in total.